The maximum absolute atomic E-state index is 13.4. The number of benzene rings is 1. The zero-order valence-electron chi connectivity index (χ0n) is 11.5. The van der Waals surface area contributed by atoms with Crippen molar-refractivity contribution in [3.63, 3.8) is 0 Å². The van der Waals surface area contributed by atoms with Gasteiger partial charge in [0.2, 0.25) is 0 Å². The summed E-state index contributed by atoms with van der Waals surface area (Å²) in [5.74, 6) is 0.0687. The third-order valence-corrected chi connectivity index (χ3v) is 3.74. The Kier molecular flexibility index (Phi) is 4.45. The molecule has 0 spiro atoms. The van der Waals surface area contributed by atoms with Crippen LogP contribution in [0.5, 0.6) is 5.75 Å². The first-order chi connectivity index (χ1) is 9.45. The molecule has 6 heteroatoms. The van der Waals surface area contributed by atoms with Crippen molar-refractivity contribution in [2.45, 2.75) is 26.0 Å². The normalized spacial score (nSPS) is 12.8. The Morgan fingerprint density at radius 2 is 2.10 bits per heavy atom. The maximum Gasteiger partial charge on any atom is 0.163 e. The second-order valence-corrected chi connectivity index (χ2v) is 5.56. The van der Waals surface area contributed by atoms with Crippen LogP contribution in [0.25, 0.3) is 0 Å². The second kappa shape index (κ2) is 5.93. The zero-order valence-corrected chi connectivity index (χ0v) is 13.1. The molecule has 1 aromatic carbocycles. The van der Waals surface area contributed by atoms with Crippen LogP contribution in [0.4, 0.5) is 4.39 Å². The Morgan fingerprint density at radius 1 is 1.40 bits per heavy atom. The van der Waals surface area contributed by atoms with Gasteiger partial charge in [0.05, 0.1) is 13.3 Å². The number of ether oxygens (including phenoxy) is 1. The average Bonchev–Trinajstić information content (AvgIpc) is 2.84. The van der Waals surface area contributed by atoms with Crippen LogP contribution in [0.3, 0.4) is 0 Å². The van der Waals surface area contributed by atoms with Crippen molar-refractivity contribution in [2.24, 2.45) is 0 Å². The molecule has 4 nitrogen and oxygen atoms in total. The van der Waals surface area contributed by atoms with E-state index in [1.807, 2.05) is 13.8 Å². The molecule has 1 unspecified atom stereocenters. The minimum absolute atomic E-state index is 0.0517. The molecule has 1 aromatic heterocycles. The van der Waals surface area contributed by atoms with Gasteiger partial charge in [0.15, 0.2) is 5.75 Å². The van der Waals surface area contributed by atoms with E-state index in [2.05, 4.69) is 21.0 Å². The lowest BCUT2D eigenvalue weighted by molar-refractivity contribution is 0.198. The van der Waals surface area contributed by atoms with Crippen molar-refractivity contribution in [1.29, 1.82) is 0 Å². The Bertz CT molecular complexity index is 613. The van der Waals surface area contributed by atoms with Crippen molar-refractivity contribution >= 4 is 15.9 Å². The molecule has 108 valence electrons. The number of hydrogen-bond donors (Lipinski definition) is 1. The van der Waals surface area contributed by atoms with Crippen molar-refractivity contribution < 1.29 is 14.2 Å². The molecule has 0 saturated carbocycles. The van der Waals surface area contributed by atoms with Gasteiger partial charge in [-0.2, -0.15) is 5.10 Å². The first-order valence-electron chi connectivity index (χ1n) is 6.20. The number of rotatable bonds is 4. The van der Waals surface area contributed by atoms with Crippen molar-refractivity contribution in [3.8, 4) is 5.75 Å². The number of aliphatic hydroxyl groups excluding tert-OH is 1. The molecule has 0 radical (unpaired) electrons. The topological polar surface area (TPSA) is 47.3 Å². The van der Waals surface area contributed by atoms with Gasteiger partial charge in [0, 0.05) is 16.1 Å². The predicted molar refractivity (Wildman–Crippen MR) is 77.3 cm³/mol. The summed E-state index contributed by atoms with van der Waals surface area (Å²) in [6.07, 6.45) is 0.520. The molecule has 2 aromatic rings. The van der Waals surface area contributed by atoms with E-state index in [0.717, 1.165) is 0 Å². The maximum atomic E-state index is 13.4. The van der Waals surface area contributed by atoms with Gasteiger partial charge in [0.1, 0.15) is 17.6 Å². The first kappa shape index (κ1) is 15.0. The van der Waals surface area contributed by atoms with Gasteiger partial charge >= 0.3 is 0 Å². The van der Waals surface area contributed by atoms with E-state index in [-0.39, 0.29) is 6.04 Å². The average molecular weight is 343 g/mol. The Balaban J connectivity index is 2.55. The highest BCUT2D eigenvalue weighted by atomic mass is 79.9. The van der Waals surface area contributed by atoms with Gasteiger partial charge in [0.25, 0.3) is 0 Å². The minimum atomic E-state index is -1.03. The van der Waals surface area contributed by atoms with Gasteiger partial charge in [-0.25, -0.2) is 4.39 Å². The molecule has 0 aliphatic heterocycles. The smallest absolute Gasteiger partial charge is 0.163 e. The molecule has 1 N–H and O–H groups in total. The number of hydrogen-bond acceptors (Lipinski definition) is 3. The molecule has 1 atom stereocenters. The fourth-order valence-corrected chi connectivity index (χ4v) is 2.52. The van der Waals surface area contributed by atoms with E-state index in [9.17, 15) is 9.50 Å². The standard InChI is InChI=1S/C14H16BrFN2O2/c1-8(2)18-13(12(20-3)7-17-18)14(19)10-6-9(16)4-5-11(10)15/h4-8,14,19H,1-3H3. The van der Waals surface area contributed by atoms with E-state index in [4.69, 9.17) is 4.74 Å². The van der Waals surface area contributed by atoms with Gasteiger partial charge in [-0.1, -0.05) is 15.9 Å². The lowest BCUT2D eigenvalue weighted by atomic mass is 10.1. The second-order valence-electron chi connectivity index (χ2n) is 4.70. The molecule has 1 heterocycles. The fourth-order valence-electron chi connectivity index (χ4n) is 2.06. The molecule has 2 rings (SSSR count). The van der Waals surface area contributed by atoms with Crippen LogP contribution >= 0.6 is 15.9 Å². The highest BCUT2D eigenvalue weighted by Gasteiger charge is 2.24. The summed E-state index contributed by atoms with van der Waals surface area (Å²) in [6, 6.07) is 4.25. The van der Waals surface area contributed by atoms with Crippen LogP contribution in [-0.4, -0.2) is 22.0 Å². The molecule has 20 heavy (non-hydrogen) atoms. The van der Waals surface area contributed by atoms with Gasteiger partial charge in [-0.05, 0) is 32.0 Å². The van der Waals surface area contributed by atoms with Gasteiger partial charge < -0.3 is 9.84 Å². The van der Waals surface area contributed by atoms with Crippen molar-refractivity contribution in [3.05, 3.63) is 45.9 Å². The Morgan fingerprint density at radius 3 is 2.70 bits per heavy atom. The summed E-state index contributed by atoms with van der Waals surface area (Å²) in [5, 5.41) is 14.8. The van der Waals surface area contributed by atoms with Gasteiger partial charge in [-0.15, -0.1) is 0 Å². The molecule has 0 fully saturated rings. The molecule has 0 bridgehead atoms. The van der Waals surface area contributed by atoms with Crippen molar-refractivity contribution in [1.82, 2.24) is 9.78 Å². The lowest BCUT2D eigenvalue weighted by Crippen LogP contribution is -2.13. The molecule has 0 amide bonds. The minimum Gasteiger partial charge on any atom is -0.493 e. The molecule has 0 aliphatic carbocycles. The monoisotopic (exact) mass is 342 g/mol. The molecular weight excluding hydrogens is 327 g/mol. The van der Waals surface area contributed by atoms with Crippen LogP contribution in [0.2, 0.25) is 0 Å². The fraction of sp³-hybridized carbons (Fsp3) is 0.357. The lowest BCUT2D eigenvalue weighted by Gasteiger charge is -2.18. The number of aliphatic hydroxyl groups is 1. The number of nitrogens with zero attached hydrogens (tertiary/aromatic N) is 2. The van der Waals surface area contributed by atoms with Crippen LogP contribution in [0.1, 0.15) is 37.3 Å². The van der Waals surface area contributed by atoms with Crippen LogP contribution in [0, 0.1) is 5.82 Å². The summed E-state index contributed by atoms with van der Waals surface area (Å²) in [6.45, 7) is 3.90. The summed E-state index contributed by atoms with van der Waals surface area (Å²) in [5.41, 5.74) is 0.944. The third kappa shape index (κ3) is 2.71. The Labute approximate surface area is 125 Å². The highest BCUT2D eigenvalue weighted by Crippen LogP contribution is 2.35. The number of methoxy groups -OCH3 is 1. The third-order valence-electron chi connectivity index (χ3n) is 3.02. The van der Waals surface area contributed by atoms with Gasteiger partial charge in [-0.3, -0.25) is 4.68 Å². The number of halogens is 2. The van der Waals surface area contributed by atoms with E-state index in [1.54, 1.807) is 16.9 Å². The summed E-state index contributed by atoms with van der Waals surface area (Å²) in [4.78, 5) is 0. The van der Waals surface area contributed by atoms with E-state index in [0.29, 0.717) is 21.5 Å². The van der Waals surface area contributed by atoms with E-state index in [1.165, 1.54) is 19.2 Å². The SMILES string of the molecule is COc1cnn(C(C)C)c1C(O)c1cc(F)ccc1Br. The largest absolute Gasteiger partial charge is 0.493 e. The Hall–Kier alpha value is -1.40. The van der Waals surface area contributed by atoms with Crippen LogP contribution in [0.15, 0.2) is 28.9 Å². The first-order valence-corrected chi connectivity index (χ1v) is 6.99. The quantitative estimate of drug-likeness (QED) is 0.925. The van der Waals surface area contributed by atoms with Crippen LogP contribution < -0.4 is 4.74 Å². The zero-order chi connectivity index (χ0) is 14.9. The highest BCUT2D eigenvalue weighted by molar-refractivity contribution is 9.10. The molecule has 0 aliphatic rings. The molecule has 0 saturated heterocycles. The molecular formula is C14H16BrFN2O2. The van der Waals surface area contributed by atoms with Crippen LogP contribution in [-0.2, 0) is 0 Å². The summed E-state index contributed by atoms with van der Waals surface area (Å²) in [7, 11) is 1.51. The van der Waals surface area contributed by atoms with E-state index < -0.39 is 11.9 Å². The summed E-state index contributed by atoms with van der Waals surface area (Å²) >= 11 is 3.33. The predicted octanol–water partition coefficient (Wildman–Crippen LogP) is 3.46. The number of aromatic nitrogens is 2. The van der Waals surface area contributed by atoms with E-state index >= 15 is 0 Å². The summed E-state index contributed by atoms with van der Waals surface area (Å²) < 4.78 is 20.9. The van der Waals surface area contributed by atoms with Crippen molar-refractivity contribution in [2.75, 3.05) is 7.11 Å².